The average Bonchev–Trinajstić information content (AvgIpc) is 2.89. The molecule has 2 aromatic rings. The number of rotatable bonds is 2. The van der Waals surface area contributed by atoms with E-state index in [-0.39, 0.29) is 0 Å². The van der Waals surface area contributed by atoms with Gasteiger partial charge in [0.25, 0.3) is 0 Å². The van der Waals surface area contributed by atoms with Gasteiger partial charge >= 0.3 is 0 Å². The number of benzene rings is 2. The van der Waals surface area contributed by atoms with Gasteiger partial charge in [0, 0.05) is 19.6 Å². The summed E-state index contributed by atoms with van der Waals surface area (Å²) in [5, 5.41) is 3.50. The molecule has 0 amide bonds. The van der Waals surface area contributed by atoms with Crippen LogP contribution < -0.4 is 19.7 Å². The number of hydrogen-bond donors (Lipinski definition) is 1. The second-order valence-corrected chi connectivity index (χ2v) is 5.41. The van der Waals surface area contributed by atoms with Crippen molar-refractivity contribution in [3.05, 3.63) is 48.0 Å². The van der Waals surface area contributed by atoms with Gasteiger partial charge in [0.15, 0.2) is 11.5 Å². The van der Waals surface area contributed by atoms with Gasteiger partial charge in [-0.15, -0.1) is 0 Å². The summed E-state index contributed by atoms with van der Waals surface area (Å²) in [5.74, 6) is 1.70. The molecule has 2 aliphatic rings. The first-order valence-corrected chi connectivity index (χ1v) is 7.36. The quantitative estimate of drug-likeness (QED) is 0.917. The Balaban J connectivity index is 1.62. The summed E-state index contributed by atoms with van der Waals surface area (Å²) in [4.78, 5) is 2.42. The van der Waals surface area contributed by atoms with Crippen molar-refractivity contribution in [2.75, 3.05) is 30.1 Å². The Kier molecular flexibility index (Phi) is 3.07. The molecule has 21 heavy (non-hydrogen) atoms. The van der Waals surface area contributed by atoms with Gasteiger partial charge in [-0.3, -0.25) is 0 Å². The Morgan fingerprint density at radius 1 is 1.05 bits per heavy atom. The highest BCUT2D eigenvalue weighted by Gasteiger charge is 2.17. The fourth-order valence-corrected chi connectivity index (χ4v) is 2.94. The van der Waals surface area contributed by atoms with Crippen molar-refractivity contribution in [2.24, 2.45) is 0 Å². The molecule has 108 valence electrons. The van der Waals surface area contributed by atoms with E-state index in [2.05, 4.69) is 46.6 Å². The van der Waals surface area contributed by atoms with Crippen LogP contribution >= 0.6 is 0 Å². The lowest BCUT2D eigenvalue weighted by Gasteiger charge is -2.24. The first kappa shape index (κ1) is 12.4. The van der Waals surface area contributed by atoms with E-state index in [0.717, 1.165) is 37.6 Å². The van der Waals surface area contributed by atoms with Gasteiger partial charge in [-0.05, 0) is 36.2 Å². The van der Waals surface area contributed by atoms with Crippen LogP contribution in [0.3, 0.4) is 0 Å². The van der Waals surface area contributed by atoms with E-state index in [0.29, 0.717) is 6.79 Å². The van der Waals surface area contributed by atoms with E-state index in [4.69, 9.17) is 9.47 Å². The van der Waals surface area contributed by atoms with Crippen LogP contribution in [0.2, 0.25) is 0 Å². The van der Waals surface area contributed by atoms with Crippen LogP contribution in [0.1, 0.15) is 12.0 Å². The van der Waals surface area contributed by atoms with E-state index < -0.39 is 0 Å². The van der Waals surface area contributed by atoms with Crippen LogP contribution in [0.25, 0.3) is 0 Å². The fraction of sp³-hybridized carbons (Fsp3) is 0.294. The number of ether oxygens (including phenoxy) is 2. The molecule has 0 fully saturated rings. The molecular formula is C17H18N2O2. The summed E-state index contributed by atoms with van der Waals surface area (Å²) in [5.41, 5.74) is 3.74. The Morgan fingerprint density at radius 3 is 2.95 bits per heavy atom. The third kappa shape index (κ3) is 2.37. The first-order chi connectivity index (χ1) is 10.4. The summed E-state index contributed by atoms with van der Waals surface area (Å²) in [7, 11) is 0. The molecule has 0 atom stereocenters. The van der Waals surface area contributed by atoms with Crippen molar-refractivity contribution in [3.63, 3.8) is 0 Å². The topological polar surface area (TPSA) is 33.7 Å². The number of nitrogens with zero attached hydrogens (tertiary/aromatic N) is 1. The van der Waals surface area contributed by atoms with Gasteiger partial charge in [-0.2, -0.15) is 0 Å². The van der Waals surface area contributed by atoms with Gasteiger partial charge in [-0.1, -0.05) is 18.2 Å². The molecular weight excluding hydrogens is 264 g/mol. The lowest BCUT2D eigenvalue weighted by Crippen LogP contribution is -2.23. The van der Waals surface area contributed by atoms with Crippen molar-refractivity contribution in [3.8, 4) is 11.5 Å². The zero-order valence-electron chi connectivity index (χ0n) is 11.8. The van der Waals surface area contributed by atoms with Gasteiger partial charge in [0.1, 0.15) is 0 Å². The maximum absolute atomic E-state index is 5.47. The van der Waals surface area contributed by atoms with Crippen molar-refractivity contribution in [2.45, 2.75) is 13.0 Å². The van der Waals surface area contributed by atoms with E-state index in [9.17, 15) is 0 Å². The number of hydrogen-bond acceptors (Lipinski definition) is 4. The minimum atomic E-state index is 0.329. The Bertz CT molecular complexity index is 657. The predicted octanol–water partition coefficient (Wildman–Crippen LogP) is 3.24. The molecule has 2 aliphatic heterocycles. The Labute approximate surface area is 124 Å². The predicted molar refractivity (Wildman–Crippen MR) is 83.2 cm³/mol. The lowest BCUT2D eigenvalue weighted by atomic mass is 10.1. The zero-order chi connectivity index (χ0) is 14.1. The van der Waals surface area contributed by atoms with Crippen LogP contribution in [0.5, 0.6) is 11.5 Å². The molecule has 0 saturated carbocycles. The standard InChI is InChI=1S/C17H18N2O2/c1-2-5-15-14(4-1)18-8-3-9-19(15)11-13-6-7-16-17(10-13)21-12-20-16/h1-2,4-7,10,18H,3,8-9,11-12H2. The summed E-state index contributed by atoms with van der Waals surface area (Å²) in [6.45, 7) is 3.29. The van der Waals surface area contributed by atoms with E-state index in [1.807, 2.05) is 6.07 Å². The molecule has 0 bridgehead atoms. The molecule has 4 heteroatoms. The normalized spacial score (nSPS) is 16.1. The SMILES string of the molecule is c1ccc2c(c1)NCCCN2Cc1ccc2c(c1)OCO2. The van der Waals surface area contributed by atoms with Gasteiger partial charge < -0.3 is 19.7 Å². The van der Waals surface area contributed by atoms with Gasteiger partial charge in [0.05, 0.1) is 11.4 Å². The minimum Gasteiger partial charge on any atom is -0.454 e. The Hall–Kier alpha value is -2.36. The number of fused-ring (bicyclic) bond motifs is 2. The molecule has 0 saturated heterocycles. The zero-order valence-corrected chi connectivity index (χ0v) is 11.8. The molecule has 2 aromatic carbocycles. The van der Waals surface area contributed by atoms with Crippen molar-refractivity contribution < 1.29 is 9.47 Å². The van der Waals surface area contributed by atoms with Crippen molar-refractivity contribution in [1.29, 1.82) is 0 Å². The van der Waals surface area contributed by atoms with Crippen molar-refractivity contribution in [1.82, 2.24) is 0 Å². The molecule has 0 radical (unpaired) electrons. The average molecular weight is 282 g/mol. The minimum absolute atomic E-state index is 0.329. The largest absolute Gasteiger partial charge is 0.454 e. The van der Waals surface area contributed by atoms with Crippen LogP contribution in [0, 0.1) is 0 Å². The Morgan fingerprint density at radius 2 is 1.95 bits per heavy atom. The van der Waals surface area contributed by atoms with E-state index in [1.165, 1.54) is 16.9 Å². The van der Waals surface area contributed by atoms with Gasteiger partial charge in [0.2, 0.25) is 6.79 Å². The summed E-state index contributed by atoms with van der Waals surface area (Å²) < 4.78 is 10.8. The monoisotopic (exact) mass is 282 g/mol. The number of anilines is 2. The summed E-state index contributed by atoms with van der Waals surface area (Å²) >= 11 is 0. The maximum atomic E-state index is 5.47. The second-order valence-electron chi connectivity index (χ2n) is 5.41. The maximum Gasteiger partial charge on any atom is 0.231 e. The smallest absolute Gasteiger partial charge is 0.231 e. The third-order valence-corrected chi connectivity index (χ3v) is 3.98. The molecule has 4 nitrogen and oxygen atoms in total. The molecule has 0 unspecified atom stereocenters. The second kappa shape index (κ2) is 5.20. The highest BCUT2D eigenvalue weighted by molar-refractivity contribution is 5.70. The number of nitrogens with one attached hydrogen (secondary N) is 1. The highest BCUT2D eigenvalue weighted by atomic mass is 16.7. The van der Waals surface area contributed by atoms with Crippen LogP contribution in [-0.4, -0.2) is 19.9 Å². The third-order valence-electron chi connectivity index (χ3n) is 3.98. The first-order valence-electron chi connectivity index (χ1n) is 7.36. The van der Waals surface area contributed by atoms with Crippen LogP contribution in [0.15, 0.2) is 42.5 Å². The van der Waals surface area contributed by atoms with E-state index >= 15 is 0 Å². The van der Waals surface area contributed by atoms with Crippen LogP contribution in [-0.2, 0) is 6.54 Å². The molecule has 0 aliphatic carbocycles. The summed E-state index contributed by atoms with van der Waals surface area (Å²) in [6.07, 6.45) is 1.14. The molecule has 0 aromatic heterocycles. The molecule has 0 spiro atoms. The lowest BCUT2D eigenvalue weighted by molar-refractivity contribution is 0.174. The highest BCUT2D eigenvalue weighted by Crippen LogP contribution is 2.34. The van der Waals surface area contributed by atoms with E-state index in [1.54, 1.807) is 0 Å². The molecule has 4 rings (SSSR count). The molecule has 1 N–H and O–H groups in total. The summed E-state index contributed by atoms with van der Waals surface area (Å²) in [6, 6.07) is 14.7. The van der Waals surface area contributed by atoms with Gasteiger partial charge in [-0.25, -0.2) is 0 Å². The number of para-hydroxylation sites is 2. The molecule has 2 heterocycles. The fourth-order valence-electron chi connectivity index (χ4n) is 2.94. The van der Waals surface area contributed by atoms with Crippen molar-refractivity contribution >= 4 is 11.4 Å². The van der Waals surface area contributed by atoms with Crippen LogP contribution in [0.4, 0.5) is 11.4 Å².